The third kappa shape index (κ3) is 3.75. The fourth-order valence-electron chi connectivity index (χ4n) is 3.74. The molecule has 1 heterocycles. The number of rotatable bonds is 6. The minimum absolute atomic E-state index is 0.0632. The van der Waals surface area contributed by atoms with E-state index in [4.69, 9.17) is 20.8 Å². The summed E-state index contributed by atoms with van der Waals surface area (Å²) in [5.41, 5.74) is 0.847. The van der Waals surface area contributed by atoms with Crippen LogP contribution in [0, 0.1) is 0 Å². The summed E-state index contributed by atoms with van der Waals surface area (Å²) in [5, 5.41) is 0.426. The molecule has 4 rings (SSSR count). The summed E-state index contributed by atoms with van der Waals surface area (Å²) in [5.74, 6) is -0.0142. The summed E-state index contributed by atoms with van der Waals surface area (Å²) in [7, 11) is -3.94. The molecule has 1 aliphatic carbocycles. The summed E-state index contributed by atoms with van der Waals surface area (Å²) in [6.45, 7) is -0.233. The Morgan fingerprint density at radius 3 is 2.40 bits per heavy atom. The lowest BCUT2D eigenvalue weighted by atomic mass is 10.1. The highest BCUT2D eigenvalue weighted by Crippen LogP contribution is 2.42. The smallest absolute Gasteiger partial charge is 0.328 e. The van der Waals surface area contributed by atoms with E-state index >= 15 is 0 Å². The topological polar surface area (TPSA) is 86.5 Å². The second-order valence-electron chi connectivity index (χ2n) is 7.22. The van der Waals surface area contributed by atoms with Crippen molar-refractivity contribution < 1.29 is 22.4 Å². The maximum atomic E-state index is 13.3. The predicted octanol–water partition coefficient (Wildman–Crippen LogP) is 4.82. The number of esters is 1. The largest absolute Gasteiger partial charge is 0.454 e. The third-order valence-corrected chi connectivity index (χ3v) is 8.11. The van der Waals surface area contributed by atoms with E-state index in [0.717, 1.165) is 5.56 Å². The van der Waals surface area contributed by atoms with Crippen molar-refractivity contribution in [1.82, 2.24) is 4.98 Å². The minimum Gasteiger partial charge on any atom is -0.454 e. The SMILES string of the molecule is O=C(OCc1ncc(-c2ccccc2)o1)C1(S(=O)(=O)c2ccc(Cl)cc2)CCCC1. The van der Waals surface area contributed by atoms with Gasteiger partial charge in [0.15, 0.2) is 27.0 Å². The number of hydrogen-bond acceptors (Lipinski definition) is 6. The number of benzene rings is 2. The quantitative estimate of drug-likeness (QED) is 0.505. The summed E-state index contributed by atoms with van der Waals surface area (Å²) >= 11 is 5.88. The van der Waals surface area contributed by atoms with Crippen LogP contribution in [0.5, 0.6) is 0 Å². The lowest BCUT2D eigenvalue weighted by Gasteiger charge is -2.26. The molecule has 0 bridgehead atoms. The Morgan fingerprint density at radius 1 is 1.07 bits per heavy atom. The van der Waals surface area contributed by atoms with Gasteiger partial charge in [0.25, 0.3) is 0 Å². The van der Waals surface area contributed by atoms with Gasteiger partial charge >= 0.3 is 5.97 Å². The molecule has 0 radical (unpaired) electrons. The average Bonchev–Trinajstić information content (AvgIpc) is 3.44. The number of sulfone groups is 1. The predicted molar refractivity (Wildman–Crippen MR) is 112 cm³/mol. The van der Waals surface area contributed by atoms with E-state index in [0.29, 0.717) is 23.6 Å². The molecule has 0 amide bonds. The van der Waals surface area contributed by atoms with Crippen LogP contribution >= 0.6 is 11.6 Å². The lowest BCUT2D eigenvalue weighted by molar-refractivity contribution is -0.148. The van der Waals surface area contributed by atoms with Crippen molar-refractivity contribution in [3.63, 3.8) is 0 Å². The van der Waals surface area contributed by atoms with Gasteiger partial charge in [-0.1, -0.05) is 54.8 Å². The van der Waals surface area contributed by atoms with Crippen molar-refractivity contribution >= 4 is 27.4 Å². The standard InChI is InChI=1S/C22H20ClNO5S/c23-17-8-10-18(11-9-17)30(26,27)22(12-4-5-13-22)21(25)28-15-20-24-14-19(29-20)16-6-2-1-3-7-16/h1-3,6-11,14H,4-5,12-13,15H2. The van der Waals surface area contributed by atoms with E-state index in [1.54, 1.807) is 6.20 Å². The average molecular weight is 446 g/mol. The van der Waals surface area contributed by atoms with E-state index in [1.807, 2.05) is 30.3 Å². The first kappa shape index (κ1) is 20.6. The molecular weight excluding hydrogens is 426 g/mol. The van der Waals surface area contributed by atoms with Crippen LogP contribution in [-0.4, -0.2) is 24.1 Å². The van der Waals surface area contributed by atoms with Crippen LogP contribution in [-0.2, 0) is 26.0 Å². The van der Waals surface area contributed by atoms with Crippen LogP contribution in [0.2, 0.25) is 5.02 Å². The van der Waals surface area contributed by atoms with E-state index in [2.05, 4.69) is 4.98 Å². The molecule has 1 fully saturated rings. The zero-order chi connectivity index (χ0) is 21.2. The van der Waals surface area contributed by atoms with Crippen molar-refractivity contribution in [2.75, 3.05) is 0 Å². The number of ether oxygens (including phenoxy) is 1. The van der Waals surface area contributed by atoms with Crippen LogP contribution in [0.25, 0.3) is 11.3 Å². The first-order valence-electron chi connectivity index (χ1n) is 9.60. The van der Waals surface area contributed by atoms with Gasteiger partial charge in [0.2, 0.25) is 5.89 Å². The summed E-state index contributed by atoms with van der Waals surface area (Å²) in [4.78, 5) is 17.2. The maximum absolute atomic E-state index is 13.3. The van der Waals surface area contributed by atoms with Crippen LogP contribution in [0.15, 0.2) is 70.1 Å². The fourth-order valence-corrected chi connectivity index (χ4v) is 5.92. The third-order valence-electron chi connectivity index (χ3n) is 5.36. The second-order valence-corrected chi connectivity index (χ2v) is 9.92. The highest BCUT2D eigenvalue weighted by atomic mass is 35.5. The Labute approximate surface area is 179 Å². The molecule has 6 nitrogen and oxygen atoms in total. The number of oxazole rings is 1. The highest BCUT2D eigenvalue weighted by Gasteiger charge is 2.54. The molecular formula is C22H20ClNO5S. The normalized spacial score (nSPS) is 15.8. The Hall–Kier alpha value is -2.64. The number of hydrogen-bond donors (Lipinski definition) is 0. The van der Waals surface area contributed by atoms with E-state index in [-0.39, 0.29) is 30.2 Å². The molecule has 3 aromatic rings. The van der Waals surface area contributed by atoms with Gasteiger partial charge in [-0.2, -0.15) is 0 Å². The molecule has 0 spiro atoms. The summed E-state index contributed by atoms with van der Waals surface area (Å²) in [6.07, 6.45) is 3.27. The molecule has 1 aromatic heterocycles. The van der Waals surface area contributed by atoms with Gasteiger partial charge in [-0.05, 0) is 37.1 Å². The maximum Gasteiger partial charge on any atom is 0.328 e. The zero-order valence-corrected chi connectivity index (χ0v) is 17.7. The van der Waals surface area contributed by atoms with Crippen LogP contribution in [0.1, 0.15) is 31.6 Å². The van der Waals surface area contributed by atoms with Crippen molar-refractivity contribution in [3.05, 3.63) is 71.7 Å². The number of nitrogens with zero attached hydrogens (tertiary/aromatic N) is 1. The van der Waals surface area contributed by atoms with Gasteiger partial charge in [-0.25, -0.2) is 13.4 Å². The van der Waals surface area contributed by atoms with Crippen molar-refractivity contribution in [3.8, 4) is 11.3 Å². The van der Waals surface area contributed by atoms with Gasteiger partial charge in [-0.15, -0.1) is 0 Å². The van der Waals surface area contributed by atoms with Gasteiger partial charge in [0.05, 0.1) is 11.1 Å². The zero-order valence-electron chi connectivity index (χ0n) is 16.1. The van der Waals surface area contributed by atoms with E-state index in [9.17, 15) is 13.2 Å². The molecule has 0 atom stereocenters. The van der Waals surface area contributed by atoms with Crippen molar-refractivity contribution in [2.24, 2.45) is 0 Å². The van der Waals surface area contributed by atoms with E-state index < -0.39 is 20.6 Å². The first-order valence-corrected chi connectivity index (χ1v) is 11.5. The highest BCUT2D eigenvalue weighted by molar-refractivity contribution is 7.93. The molecule has 156 valence electrons. The molecule has 0 saturated heterocycles. The number of carbonyl (C=O) groups excluding carboxylic acids is 1. The molecule has 0 N–H and O–H groups in total. The number of carbonyl (C=O) groups is 1. The molecule has 0 unspecified atom stereocenters. The van der Waals surface area contributed by atoms with E-state index in [1.165, 1.54) is 24.3 Å². The summed E-state index contributed by atoms with van der Waals surface area (Å²) in [6, 6.07) is 15.2. The van der Waals surface area contributed by atoms with Crippen LogP contribution in [0.3, 0.4) is 0 Å². The Balaban J connectivity index is 1.53. The van der Waals surface area contributed by atoms with Gasteiger partial charge in [0, 0.05) is 10.6 Å². The molecule has 0 aliphatic heterocycles. The van der Waals surface area contributed by atoms with Crippen LogP contribution < -0.4 is 0 Å². The van der Waals surface area contributed by atoms with Crippen molar-refractivity contribution in [2.45, 2.75) is 41.9 Å². The molecule has 8 heteroatoms. The molecule has 1 aliphatic rings. The number of aromatic nitrogens is 1. The Morgan fingerprint density at radius 2 is 1.73 bits per heavy atom. The molecule has 1 saturated carbocycles. The van der Waals surface area contributed by atoms with Gasteiger partial charge < -0.3 is 9.15 Å². The Kier molecular flexibility index (Phi) is 5.66. The minimum atomic E-state index is -3.94. The summed E-state index contributed by atoms with van der Waals surface area (Å²) < 4.78 is 36.1. The van der Waals surface area contributed by atoms with Gasteiger partial charge in [0.1, 0.15) is 0 Å². The Bertz CT molecular complexity index is 1130. The molecule has 2 aromatic carbocycles. The monoisotopic (exact) mass is 445 g/mol. The first-order chi connectivity index (χ1) is 14.4. The van der Waals surface area contributed by atoms with Crippen LogP contribution in [0.4, 0.5) is 0 Å². The van der Waals surface area contributed by atoms with Gasteiger partial charge in [-0.3, -0.25) is 4.79 Å². The lowest BCUT2D eigenvalue weighted by Crippen LogP contribution is -2.45. The fraction of sp³-hybridized carbons (Fsp3) is 0.273. The number of halogens is 1. The van der Waals surface area contributed by atoms with Crippen molar-refractivity contribution in [1.29, 1.82) is 0 Å². The second kappa shape index (κ2) is 8.24. The molecule has 30 heavy (non-hydrogen) atoms.